The number of nitrogens with one attached hydrogen (secondary N) is 1. The number of rotatable bonds is 12. The minimum atomic E-state index is -1.20. The van der Waals surface area contributed by atoms with Gasteiger partial charge in [-0.25, -0.2) is 4.99 Å². The highest BCUT2D eigenvalue weighted by Crippen LogP contribution is 2.43. The lowest BCUT2D eigenvalue weighted by atomic mass is 9.81. The van der Waals surface area contributed by atoms with E-state index < -0.39 is 11.6 Å². The molecule has 0 aromatic heterocycles. The molecule has 2 atom stereocenters. The Balaban J connectivity index is 1.37. The maximum atomic E-state index is 14.5. The summed E-state index contributed by atoms with van der Waals surface area (Å²) < 4.78 is 12.5. The van der Waals surface area contributed by atoms with E-state index in [1.54, 1.807) is 0 Å². The molecule has 0 saturated heterocycles. The van der Waals surface area contributed by atoms with Crippen LogP contribution in [0.5, 0.6) is 5.75 Å². The summed E-state index contributed by atoms with van der Waals surface area (Å²) in [6.45, 7) is 1.18. The summed E-state index contributed by atoms with van der Waals surface area (Å²) in [5, 5.41) is 12.4. The van der Waals surface area contributed by atoms with Gasteiger partial charge in [0.2, 0.25) is 5.90 Å². The van der Waals surface area contributed by atoms with Crippen LogP contribution < -0.4 is 10.1 Å². The molecule has 0 bridgehead atoms. The van der Waals surface area contributed by atoms with Crippen LogP contribution in [0.2, 0.25) is 0 Å². The molecule has 6 nitrogen and oxygen atoms in total. The molecular formula is C39H42N2O4. The Morgan fingerprint density at radius 1 is 0.822 bits per heavy atom. The van der Waals surface area contributed by atoms with Gasteiger partial charge in [-0.1, -0.05) is 104 Å². The lowest BCUT2D eigenvalue weighted by Crippen LogP contribution is -2.51. The molecule has 6 rings (SSSR count). The fourth-order valence-corrected chi connectivity index (χ4v) is 6.45. The Morgan fingerprint density at radius 2 is 1.47 bits per heavy atom. The van der Waals surface area contributed by atoms with Crippen molar-refractivity contribution < 1.29 is 19.4 Å². The Kier molecular flexibility index (Phi) is 9.91. The van der Waals surface area contributed by atoms with Gasteiger partial charge in [0.05, 0.1) is 6.61 Å². The molecule has 1 saturated carbocycles. The summed E-state index contributed by atoms with van der Waals surface area (Å²) >= 11 is 0. The van der Waals surface area contributed by atoms with E-state index in [2.05, 4.69) is 53.8 Å². The molecule has 45 heavy (non-hydrogen) atoms. The van der Waals surface area contributed by atoms with Gasteiger partial charge in [-0.15, -0.1) is 0 Å². The summed E-state index contributed by atoms with van der Waals surface area (Å²) in [6.07, 6.45) is 6.36. The van der Waals surface area contributed by atoms with E-state index in [0.29, 0.717) is 43.6 Å². The van der Waals surface area contributed by atoms with Crippen LogP contribution in [-0.2, 0) is 16.0 Å². The lowest BCUT2D eigenvalue weighted by molar-refractivity contribution is -0.129. The van der Waals surface area contributed by atoms with Crippen LogP contribution in [-0.4, -0.2) is 42.2 Å². The fraction of sp³-hybridized carbons (Fsp3) is 0.333. The fourth-order valence-electron chi connectivity index (χ4n) is 6.45. The molecule has 0 radical (unpaired) electrons. The minimum Gasteiger partial charge on any atom is -0.494 e. The molecule has 1 amide bonds. The number of ether oxygens (including phenoxy) is 2. The number of carbonyl (C=O) groups is 1. The number of benzene rings is 4. The van der Waals surface area contributed by atoms with E-state index in [0.717, 1.165) is 40.7 Å². The Hall–Kier alpha value is -4.42. The second-order valence-corrected chi connectivity index (χ2v) is 12.2. The van der Waals surface area contributed by atoms with Crippen molar-refractivity contribution in [2.45, 2.75) is 56.6 Å². The van der Waals surface area contributed by atoms with Crippen LogP contribution in [0.15, 0.2) is 114 Å². The van der Waals surface area contributed by atoms with E-state index in [9.17, 15) is 4.79 Å². The highest BCUT2D eigenvalue weighted by atomic mass is 16.5. The Bertz CT molecular complexity index is 1550. The summed E-state index contributed by atoms with van der Waals surface area (Å²) in [6, 6.07) is 36.3. The third-order valence-corrected chi connectivity index (χ3v) is 8.94. The van der Waals surface area contributed by atoms with Gasteiger partial charge in [-0.3, -0.25) is 4.79 Å². The molecule has 4 aromatic carbocycles. The van der Waals surface area contributed by atoms with Crippen molar-refractivity contribution in [3.8, 4) is 16.9 Å². The number of hydrogen-bond donors (Lipinski definition) is 2. The predicted octanol–water partition coefficient (Wildman–Crippen LogP) is 7.31. The Labute approximate surface area is 266 Å². The molecule has 1 fully saturated rings. The maximum absolute atomic E-state index is 14.5. The summed E-state index contributed by atoms with van der Waals surface area (Å²) in [4.78, 5) is 19.7. The molecule has 0 spiro atoms. The van der Waals surface area contributed by atoms with Crippen LogP contribution in [0, 0.1) is 5.92 Å². The third-order valence-electron chi connectivity index (χ3n) is 8.94. The van der Waals surface area contributed by atoms with Crippen molar-refractivity contribution in [1.82, 2.24) is 5.32 Å². The number of amides is 1. The first-order valence-corrected chi connectivity index (χ1v) is 16.2. The monoisotopic (exact) mass is 602 g/mol. The molecule has 1 heterocycles. The highest BCUT2D eigenvalue weighted by Gasteiger charge is 2.53. The minimum absolute atomic E-state index is 0.0861. The molecule has 232 valence electrons. The van der Waals surface area contributed by atoms with Crippen LogP contribution >= 0.6 is 0 Å². The number of aliphatic imine (C=N–C) groups is 1. The third kappa shape index (κ3) is 7.29. The lowest BCUT2D eigenvalue weighted by Gasteiger charge is -2.32. The van der Waals surface area contributed by atoms with E-state index in [4.69, 9.17) is 19.6 Å². The quantitative estimate of drug-likeness (QED) is 0.167. The topological polar surface area (TPSA) is 80.2 Å². The van der Waals surface area contributed by atoms with Gasteiger partial charge in [0.15, 0.2) is 11.6 Å². The number of hydrogen-bond acceptors (Lipinski definition) is 5. The SMILES string of the molecule is O=C(NCC1CCCCC1)[C@]1(Cc2ccccc2)N=C(c2ccc(OCCCO)cc2)O[C@@H]1c1ccc(-c2ccccc2)cc1. The zero-order chi connectivity index (χ0) is 30.9. The van der Waals surface area contributed by atoms with Crippen LogP contribution in [0.3, 0.4) is 0 Å². The summed E-state index contributed by atoms with van der Waals surface area (Å²) in [7, 11) is 0. The van der Waals surface area contributed by atoms with Crippen molar-refractivity contribution in [3.05, 3.63) is 126 Å². The van der Waals surface area contributed by atoms with Gasteiger partial charge < -0.3 is 19.9 Å². The van der Waals surface area contributed by atoms with Gasteiger partial charge >= 0.3 is 0 Å². The average Bonchev–Trinajstić information content (AvgIpc) is 3.49. The Morgan fingerprint density at radius 3 is 2.16 bits per heavy atom. The van der Waals surface area contributed by atoms with E-state index >= 15 is 0 Å². The first kappa shape index (κ1) is 30.6. The average molecular weight is 603 g/mol. The van der Waals surface area contributed by atoms with Gasteiger partial charge in [-0.05, 0) is 65.3 Å². The van der Waals surface area contributed by atoms with Crippen LogP contribution in [0.1, 0.15) is 61.3 Å². The van der Waals surface area contributed by atoms with Gasteiger partial charge in [0.1, 0.15) is 5.75 Å². The number of aliphatic hydroxyl groups excluding tert-OH is 1. The van der Waals surface area contributed by atoms with E-state index in [1.165, 1.54) is 19.3 Å². The molecule has 0 unspecified atom stereocenters. The second-order valence-electron chi connectivity index (χ2n) is 12.2. The molecular weight excluding hydrogens is 560 g/mol. The molecule has 2 N–H and O–H groups in total. The van der Waals surface area contributed by atoms with Crippen molar-refractivity contribution in [2.75, 3.05) is 19.8 Å². The largest absolute Gasteiger partial charge is 0.494 e. The zero-order valence-electron chi connectivity index (χ0n) is 25.7. The normalized spacial score (nSPS) is 19.8. The zero-order valence-corrected chi connectivity index (χ0v) is 25.7. The van der Waals surface area contributed by atoms with E-state index in [-0.39, 0.29) is 12.5 Å². The second kappa shape index (κ2) is 14.6. The predicted molar refractivity (Wildman–Crippen MR) is 178 cm³/mol. The van der Waals surface area contributed by atoms with Crippen molar-refractivity contribution in [2.24, 2.45) is 10.9 Å². The molecule has 6 heteroatoms. The van der Waals surface area contributed by atoms with Gasteiger partial charge in [0.25, 0.3) is 5.91 Å². The van der Waals surface area contributed by atoms with Crippen LogP contribution in [0.25, 0.3) is 11.1 Å². The van der Waals surface area contributed by atoms with Crippen LogP contribution in [0.4, 0.5) is 0 Å². The van der Waals surface area contributed by atoms with Crippen molar-refractivity contribution >= 4 is 11.8 Å². The van der Waals surface area contributed by atoms with Crippen molar-refractivity contribution in [1.29, 1.82) is 0 Å². The smallest absolute Gasteiger partial charge is 0.252 e. The number of aliphatic hydroxyl groups is 1. The molecule has 1 aliphatic carbocycles. The number of nitrogens with zero attached hydrogens (tertiary/aromatic N) is 1. The summed E-state index contributed by atoms with van der Waals surface area (Å²) in [5.41, 5.74) is 3.75. The standard InChI is InChI=1S/C39H42N2O4/c42-25-10-26-44-35-23-21-34(22-24-35)37-41-39(27-29-11-4-1-5-12-29,38(43)40-28-30-13-6-2-7-14-30)36(45-37)33-19-17-32(18-20-33)31-15-8-3-9-16-31/h1,3-5,8-9,11-12,15-24,30,36,42H,2,6-7,10,13-14,25-28H2,(H,40,43)/t36-,39-/m1/s1. The van der Waals surface area contributed by atoms with E-state index in [1.807, 2.05) is 60.7 Å². The van der Waals surface area contributed by atoms with Gasteiger partial charge in [-0.2, -0.15) is 0 Å². The maximum Gasteiger partial charge on any atom is 0.252 e. The first-order valence-electron chi connectivity index (χ1n) is 16.2. The molecule has 4 aromatic rings. The first-order chi connectivity index (χ1) is 22.1. The number of carbonyl (C=O) groups excluding carboxylic acids is 1. The molecule has 1 aliphatic heterocycles. The summed E-state index contributed by atoms with van der Waals surface area (Å²) in [5.74, 6) is 1.54. The van der Waals surface area contributed by atoms with Crippen molar-refractivity contribution in [3.63, 3.8) is 0 Å². The van der Waals surface area contributed by atoms with Gasteiger partial charge in [0, 0.05) is 31.6 Å². The highest BCUT2D eigenvalue weighted by molar-refractivity contribution is 6.01. The molecule has 2 aliphatic rings.